The number of hydrogen-bond acceptors (Lipinski definition) is 3. The van der Waals surface area contributed by atoms with Gasteiger partial charge in [-0.05, 0) is 16.3 Å². The van der Waals surface area contributed by atoms with E-state index in [-0.39, 0.29) is 5.91 Å². The minimum atomic E-state index is 0.0555. The van der Waals surface area contributed by atoms with Crippen LogP contribution in [0.1, 0.15) is 5.56 Å². The second kappa shape index (κ2) is 8.39. The van der Waals surface area contributed by atoms with Gasteiger partial charge in [-0.2, -0.15) is 0 Å². The molecule has 1 amide bonds. The molecule has 0 radical (unpaired) electrons. The fourth-order valence-electron chi connectivity index (χ4n) is 2.27. The molecule has 0 spiro atoms. The molecule has 4 nitrogen and oxygen atoms in total. The summed E-state index contributed by atoms with van der Waals surface area (Å²) < 4.78 is 4.94. The highest BCUT2D eigenvalue weighted by Crippen LogP contribution is 2.18. The lowest BCUT2D eigenvalue weighted by atomic mass is 10.0. The highest BCUT2D eigenvalue weighted by atomic mass is 16.5. The minimum Gasteiger partial charge on any atom is -0.383 e. The standard InChI is InChI=1S/C17H22N2O2/c1-21-12-11-18-9-10-19-17(20)13-15-7-4-6-14-5-2-3-8-16(14)15/h2-8,18H,9-13H2,1H3,(H,19,20). The van der Waals surface area contributed by atoms with Crippen molar-refractivity contribution in [3.63, 3.8) is 0 Å². The summed E-state index contributed by atoms with van der Waals surface area (Å²) in [7, 11) is 1.67. The summed E-state index contributed by atoms with van der Waals surface area (Å²) in [5.41, 5.74) is 1.07. The third-order valence-corrected chi connectivity index (χ3v) is 3.34. The normalized spacial score (nSPS) is 10.7. The van der Waals surface area contributed by atoms with Crippen LogP contribution in [0.3, 0.4) is 0 Å². The van der Waals surface area contributed by atoms with Gasteiger partial charge in [-0.25, -0.2) is 0 Å². The summed E-state index contributed by atoms with van der Waals surface area (Å²) in [6.45, 7) is 2.87. The van der Waals surface area contributed by atoms with E-state index in [1.807, 2.05) is 24.3 Å². The topological polar surface area (TPSA) is 50.4 Å². The first kappa shape index (κ1) is 15.5. The van der Waals surface area contributed by atoms with Crippen molar-refractivity contribution in [2.75, 3.05) is 33.4 Å². The van der Waals surface area contributed by atoms with E-state index in [1.165, 1.54) is 5.39 Å². The summed E-state index contributed by atoms with van der Waals surface area (Å²) in [6, 6.07) is 14.2. The zero-order valence-corrected chi connectivity index (χ0v) is 12.4. The Labute approximate surface area is 125 Å². The third kappa shape index (κ3) is 4.85. The summed E-state index contributed by atoms with van der Waals surface area (Å²) in [6.07, 6.45) is 0.416. The fraction of sp³-hybridized carbons (Fsp3) is 0.353. The molecule has 0 bridgehead atoms. The highest BCUT2D eigenvalue weighted by molar-refractivity contribution is 5.90. The van der Waals surface area contributed by atoms with Gasteiger partial charge in [0.25, 0.3) is 0 Å². The Bertz CT molecular complexity index is 579. The molecule has 0 aliphatic heterocycles. The molecule has 0 saturated carbocycles. The highest BCUT2D eigenvalue weighted by Gasteiger charge is 2.06. The van der Waals surface area contributed by atoms with Crippen LogP contribution in [0.25, 0.3) is 10.8 Å². The lowest BCUT2D eigenvalue weighted by molar-refractivity contribution is -0.120. The van der Waals surface area contributed by atoms with E-state index >= 15 is 0 Å². The molecule has 2 aromatic rings. The first-order chi connectivity index (χ1) is 10.3. The maximum absolute atomic E-state index is 12.0. The van der Waals surface area contributed by atoms with Crippen molar-refractivity contribution < 1.29 is 9.53 Å². The van der Waals surface area contributed by atoms with Gasteiger partial charge in [-0.3, -0.25) is 4.79 Å². The van der Waals surface area contributed by atoms with Gasteiger partial charge in [0.05, 0.1) is 13.0 Å². The van der Waals surface area contributed by atoms with Crippen LogP contribution in [0.15, 0.2) is 42.5 Å². The Morgan fingerprint density at radius 1 is 1.05 bits per heavy atom. The van der Waals surface area contributed by atoms with Crippen molar-refractivity contribution in [3.05, 3.63) is 48.0 Å². The van der Waals surface area contributed by atoms with Gasteiger partial charge in [0.1, 0.15) is 0 Å². The third-order valence-electron chi connectivity index (χ3n) is 3.34. The number of nitrogens with one attached hydrogen (secondary N) is 2. The number of benzene rings is 2. The Kier molecular flexibility index (Phi) is 6.19. The van der Waals surface area contributed by atoms with E-state index in [2.05, 4.69) is 28.8 Å². The van der Waals surface area contributed by atoms with Crippen LogP contribution < -0.4 is 10.6 Å². The molecule has 0 unspecified atom stereocenters. The van der Waals surface area contributed by atoms with Gasteiger partial charge in [-0.1, -0.05) is 42.5 Å². The number of amides is 1. The zero-order chi connectivity index (χ0) is 14.9. The molecular weight excluding hydrogens is 264 g/mol. The van der Waals surface area contributed by atoms with Gasteiger partial charge in [0.2, 0.25) is 5.91 Å². The quantitative estimate of drug-likeness (QED) is 0.727. The zero-order valence-electron chi connectivity index (χ0n) is 12.4. The lowest BCUT2D eigenvalue weighted by Crippen LogP contribution is -2.33. The van der Waals surface area contributed by atoms with E-state index in [0.717, 1.165) is 24.0 Å². The Morgan fingerprint density at radius 2 is 1.86 bits per heavy atom. The number of carbonyl (C=O) groups is 1. The predicted octanol–water partition coefficient (Wildman–Crippen LogP) is 1.73. The maximum Gasteiger partial charge on any atom is 0.224 e. The van der Waals surface area contributed by atoms with Crippen molar-refractivity contribution in [2.24, 2.45) is 0 Å². The number of methoxy groups -OCH3 is 1. The summed E-state index contributed by atoms with van der Waals surface area (Å²) in [5, 5.41) is 8.44. The summed E-state index contributed by atoms with van der Waals surface area (Å²) >= 11 is 0. The van der Waals surface area contributed by atoms with Gasteiger partial charge in [0.15, 0.2) is 0 Å². The van der Waals surface area contributed by atoms with Crippen LogP contribution in [0, 0.1) is 0 Å². The van der Waals surface area contributed by atoms with Gasteiger partial charge < -0.3 is 15.4 Å². The molecular formula is C17H22N2O2. The molecule has 0 atom stereocenters. The minimum absolute atomic E-state index is 0.0555. The Balaban J connectivity index is 1.82. The number of hydrogen-bond donors (Lipinski definition) is 2. The molecule has 2 aromatic carbocycles. The molecule has 21 heavy (non-hydrogen) atoms. The number of ether oxygens (including phenoxy) is 1. The average molecular weight is 286 g/mol. The van der Waals surface area contributed by atoms with Crippen LogP contribution in [0.5, 0.6) is 0 Å². The van der Waals surface area contributed by atoms with Crippen LogP contribution >= 0.6 is 0 Å². The van der Waals surface area contributed by atoms with Crippen molar-refractivity contribution in [2.45, 2.75) is 6.42 Å². The molecule has 0 aromatic heterocycles. The van der Waals surface area contributed by atoms with Crippen molar-refractivity contribution >= 4 is 16.7 Å². The molecule has 0 saturated heterocycles. The summed E-state index contributed by atoms with van der Waals surface area (Å²) in [5.74, 6) is 0.0555. The second-order valence-corrected chi connectivity index (χ2v) is 4.91. The average Bonchev–Trinajstić information content (AvgIpc) is 2.51. The van der Waals surface area contributed by atoms with Crippen LogP contribution in [0.4, 0.5) is 0 Å². The smallest absolute Gasteiger partial charge is 0.224 e. The van der Waals surface area contributed by atoms with Gasteiger partial charge >= 0.3 is 0 Å². The molecule has 0 fully saturated rings. The first-order valence-corrected chi connectivity index (χ1v) is 7.24. The van der Waals surface area contributed by atoms with E-state index in [1.54, 1.807) is 7.11 Å². The molecule has 0 aliphatic rings. The van der Waals surface area contributed by atoms with Crippen molar-refractivity contribution in [3.8, 4) is 0 Å². The molecule has 112 valence electrons. The fourth-order valence-corrected chi connectivity index (χ4v) is 2.27. The van der Waals surface area contributed by atoms with E-state index in [9.17, 15) is 4.79 Å². The van der Waals surface area contributed by atoms with E-state index < -0.39 is 0 Å². The SMILES string of the molecule is COCCNCCNC(=O)Cc1cccc2ccccc12. The molecule has 2 rings (SSSR count). The van der Waals surface area contributed by atoms with Crippen LogP contribution in [-0.4, -0.2) is 39.3 Å². The first-order valence-electron chi connectivity index (χ1n) is 7.24. The summed E-state index contributed by atoms with van der Waals surface area (Å²) in [4.78, 5) is 12.0. The number of carbonyl (C=O) groups excluding carboxylic acids is 1. The monoisotopic (exact) mass is 286 g/mol. The molecule has 4 heteroatoms. The van der Waals surface area contributed by atoms with E-state index in [0.29, 0.717) is 19.6 Å². The Morgan fingerprint density at radius 3 is 2.71 bits per heavy atom. The predicted molar refractivity (Wildman–Crippen MR) is 85.4 cm³/mol. The number of fused-ring (bicyclic) bond motifs is 1. The van der Waals surface area contributed by atoms with E-state index in [4.69, 9.17) is 4.74 Å². The number of rotatable bonds is 8. The molecule has 0 heterocycles. The Hall–Kier alpha value is -1.91. The van der Waals surface area contributed by atoms with Crippen LogP contribution in [-0.2, 0) is 16.0 Å². The maximum atomic E-state index is 12.0. The molecule has 2 N–H and O–H groups in total. The lowest BCUT2D eigenvalue weighted by Gasteiger charge is -2.08. The van der Waals surface area contributed by atoms with Crippen molar-refractivity contribution in [1.82, 2.24) is 10.6 Å². The van der Waals surface area contributed by atoms with Gasteiger partial charge in [-0.15, -0.1) is 0 Å². The second-order valence-electron chi connectivity index (χ2n) is 4.91. The largest absolute Gasteiger partial charge is 0.383 e. The molecule has 0 aliphatic carbocycles. The van der Waals surface area contributed by atoms with Gasteiger partial charge in [0, 0.05) is 26.7 Å². The van der Waals surface area contributed by atoms with Crippen LogP contribution in [0.2, 0.25) is 0 Å². The van der Waals surface area contributed by atoms with Crippen molar-refractivity contribution in [1.29, 1.82) is 0 Å².